The lowest BCUT2D eigenvalue weighted by Crippen LogP contribution is -2.15. The van der Waals surface area contributed by atoms with E-state index in [1.54, 1.807) is 27.1 Å². The molecule has 0 spiro atoms. The smallest absolute Gasteiger partial charge is 0.153 e. The third-order valence-electron chi connectivity index (χ3n) is 2.30. The Bertz CT molecular complexity index is 411. The Balaban J connectivity index is 2.88. The van der Waals surface area contributed by atoms with Crippen molar-refractivity contribution in [1.82, 2.24) is 0 Å². The summed E-state index contributed by atoms with van der Waals surface area (Å²) in [5.41, 5.74) is 0.758. The van der Waals surface area contributed by atoms with Gasteiger partial charge in [0, 0.05) is 25.2 Å². The fourth-order valence-corrected chi connectivity index (χ4v) is 1.64. The van der Waals surface area contributed by atoms with E-state index < -0.39 is 5.67 Å². The summed E-state index contributed by atoms with van der Waals surface area (Å²) < 4.78 is 13.5. The van der Waals surface area contributed by atoms with Crippen LogP contribution in [-0.4, -0.2) is 24.8 Å². The SMILES string of the molecule is CC=NC(=NC)c1ccc(CC(C)(C)F)cc1. The Morgan fingerprint density at radius 2 is 1.88 bits per heavy atom. The van der Waals surface area contributed by atoms with E-state index in [9.17, 15) is 4.39 Å². The van der Waals surface area contributed by atoms with Gasteiger partial charge in [0.25, 0.3) is 0 Å². The van der Waals surface area contributed by atoms with Gasteiger partial charge in [0.1, 0.15) is 5.67 Å². The van der Waals surface area contributed by atoms with E-state index in [0.29, 0.717) is 12.3 Å². The number of nitrogens with zero attached hydrogens (tertiary/aromatic N) is 2. The first-order valence-electron chi connectivity index (χ1n) is 5.70. The van der Waals surface area contributed by atoms with Crippen molar-refractivity contribution in [3.63, 3.8) is 0 Å². The number of benzene rings is 1. The molecule has 0 saturated carbocycles. The summed E-state index contributed by atoms with van der Waals surface area (Å²) in [6.07, 6.45) is 2.13. The molecule has 1 aromatic rings. The van der Waals surface area contributed by atoms with Gasteiger partial charge >= 0.3 is 0 Å². The van der Waals surface area contributed by atoms with Crippen LogP contribution in [-0.2, 0) is 6.42 Å². The van der Waals surface area contributed by atoms with Gasteiger partial charge in [-0.15, -0.1) is 0 Å². The van der Waals surface area contributed by atoms with Gasteiger partial charge in [-0.1, -0.05) is 24.3 Å². The number of alkyl halides is 1. The first-order valence-corrected chi connectivity index (χ1v) is 5.70. The highest BCUT2D eigenvalue weighted by Crippen LogP contribution is 2.17. The number of rotatable bonds is 3. The van der Waals surface area contributed by atoms with Crippen LogP contribution in [0.4, 0.5) is 4.39 Å². The molecule has 0 unspecified atom stereocenters. The topological polar surface area (TPSA) is 24.7 Å². The molecule has 0 bridgehead atoms. The second kappa shape index (κ2) is 5.71. The molecule has 0 aliphatic carbocycles. The maximum Gasteiger partial charge on any atom is 0.153 e. The van der Waals surface area contributed by atoms with Crippen molar-refractivity contribution in [2.24, 2.45) is 9.98 Å². The molecular formula is C14H19FN2. The molecule has 0 atom stereocenters. The first kappa shape index (κ1) is 13.6. The van der Waals surface area contributed by atoms with Gasteiger partial charge in [0.05, 0.1) is 0 Å². The predicted octanol–water partition coefficient (Wildman–Crippen LogP) is 3.44. The summed E-state index contributed by atoms with van der Waals surface area (Å²) in [4.78, 5) is 8.26. The summed E-state index contributed by atoms with van der Waals surface area (Å²) >= 11 is 0. The molecule has 1 rings (SSSR count). The van der Waals surface area contributed by atoms with Gasteiger partial charge < -0.3 is 0 Å². The van der Waals surface area contributed by atoms with Crippen LogP contribution >= 0.6 is 0 Å². The fraction of sp³-hybridized carbons (Fsp3) is 0.429. The van der Waals surface area contributed by atoms with Crippen molar-refractivity contribution in [1.29, 1.82) is 0 Å². The Labute approximate surface area is 102 Å². The molecule has 0 fully saturated rings. The highest BCUT2D eigenvalue weighted by atomic mass is 19.1. The van der Waals surface area contributed by atoms with E-state index in [0.717, 1.165) is 11.1 Å². The van der Waals surface area contributed by atoms with E-state index in [1.165, 1.54) is 0 Å². The summed E-state index contributed by atoms with van der Waals surface area (Å²) in [7, 11) is 1.71. The number of aliphatic imine (C=N–C) groups is 2. The molecule has 0 aliphatic heterocycles. The maximum atomic E-state index is 13.5. The zero-order chi connectivity index (χ0) is 12.9. The number of hydrogen-bond acceptors (Lipinski definition) is 1. The van der Waals surface area contributed by atoms with Crippen molar-refractivity contribution in [2.75, 3.05) is 7.05 Å². The largest absolute Gasteiger partial charge is 0.270 e. The Kier molecular flexibility index (Phi) is 4.55. The second-order valence-corrected chi connectivity index (χ2v) is 4.53. The van der Waals surface area contributed by atoms with E-state index in [1.807, 2.05) is 31.2 Å². The third kappa shape index (κ3) is 4.47. The van der Waals surface area contributed by atoms with Gasteiger partial charge in [0.15, 0.2) is 5.84 Å². The minimum Gasteiger partial charge on any atom is -0.270 e. The minimum atomic E-state index is -1.18. The molecule has 17 heavy (non-hydrogen) atoms. The van der Waals surface area contributed by atoms with Crippen LogP contribution in [0.5, 0.6) is 0 Å². The second-order valence-electron chi connectivity index (χ2n) is 4.53. The molecule has 2 nitrogen and oxygen atoms in total. The standard InChI is InChI=1S/C14H19FN2/c1-5-17-13(16-4)12-8-6-11(7-9-12)10-14(2,3)15/h5-9H,10H2,1-4H3. The van der Waals surface area contributed by atoms with Crippen LogP contribution in [0.15, 0.2) is 34.3 Å². The molecule has 3 heteroatoms. The minimum absolute atomic E-state index is 0.420. The fourth-order valence-electron chi connectivity index (χ4n) is 1.64. The molecule has 0 heterocycles. The van der Waals surface area contributed by atoms with Crippen LogP contribution in [0.25, 0.3) is 0 Å². The van der Waals surface area contributed by atoms with E-state index in [4.69, 9.17) is 0 Å². The highest BCUT2D eigenvalue weighted by Gasteiger charge is 2.15. The Hall–Kier alpha value is -1.51. The van der Waals surface area contributed by atoms with E-state index >= 15 is 0 Å². The number of halogens is 1. The first-order chi connectivity index (χ1) is 7.96. The molecule has 0 amide bonds. The predicted molar refractivity (Wildman–Crippen MR) is 72.0 cm³/mol. The molecule has 0 aromatic heterocycles. The lowest BCUT2D eigenvalue weighted by Gasteiger charge is -2.13. The monoisotopic (exact) mass is 234 g/mol. The zero-order valence-electron chi connectivity index (χ0n) is 10.9. The number of amidine groups is 1. The van der Waals surface area contributed by atoms with Gasteiger partial charge in [-0.25, -0.2) is 9.38 Å². The van der Waals surface area contributed by atoms with Crippen LogP contribution in [0.1, 0.15) is 31.9 Å². The molecular weight excluding hydrogens is 215 g/mol. The highest BCUT2D eigenvalue weighted by molar-refractivity contribution is 6.02. The lowest BCUT2D eigenvalue weighted by atomic mass is 9.99. The zero-order valence-corrected chi connectivity index (χ0v) is 10.9. The molecule has 0 aliphatic rings. The van der Waals surface area contributed by atoms with Gasteiger partial charge in [-0.2, -0.15) is 0 Å². The summed E-state index contributed by atoms with van der Waals surface area (Å²) in [5, 5.41) is 0. The number of hydrogen-bond donors (Lipinski definition) is 0. The normalized spacial score (nSPS) is 13.4. The Morgan fingerprint density at radius 1 is 1.29 bits per heavy atom. The van der Waals surface area contributed by atoms with Crippen molar-refractivity contribution in [3.05, 3.63) is 35.4 Å². The molecule has 0 N–H and O–H groups in total. The molecule has 0 radical (unpaired) electrons. The van der Waals surface area contributed by atoms with Crippen molar-refractivity contribution < 1.29 is 4.39 Å². The third-order valence-corrected chi connectivity index (χ3v) is 2.30. The van der Waals surface area contributed by atoms with Crippen molar-refractivity contribution in [2.45, 2.75) is 32.9 Å². The summed E-state index contributed by atoms with van der Waals surface area (Å²) in [6, 6.07) is 7.70. The van der Waals surface area contributed by atoms with Gasteiger partial charge in [0.2, 0.25) is 0 Å². The molecule has 92 valence electrons. The van der Waals surface area contributed by atoms with Gasteiger partial charge in [-0.05, 0) is 26.3 Å². The maximum absolute atomic E-state index is 13.5. The average molecular weight is 234 g/mol. The van der Waals surface area contributed by atoms with Crippen LogP contribution < -0.4 is 0 Å². The molecule has 1 aromatic carbocycles. The van der Waals surface area contributed by atoms with E-state index in [2.05, 4.69) is 9.98 Å². The van der Waals surface area contributed by atoms with Crippen molar-refractivity contribution in [3.8, 4) is 0 Å². The quantitative estimate of drug-likeness (QED) is 0.565. The van der Waals surface area contributed by atoms with Crippen LogP contribution in [0.2, 0.25) is 0 Å². The molecule has 0 saturated heterocycles. The van der Waals surface area contributed by atoms with Crippen LogP contribution in [0, 0.1) is 0 Å². The lowest BCUT2D eigenvalue weighted by molar-refractivity contribution is 0.217. The Morgan fingerprint density at radius 3 is 2.29 bits per heavy atom. The summed E-state index contributed by atoms with van der Waals surface area (Å²) in [6.45, 7) is 5.02. The van der Waals surface area contributed by atoms with Crippen molar-refractivity contribution >= 4 is 12.1 Å². The summed E-state index contributed by atoms with van der Waals surface area (Å²) in [5.74, 6) is 0.693. The van der Waals surface area contributed by atoms with Crippen LogP contribution in [0.3, 0.4) is 0 Å². The van der Waals surface area contributed by atoms with E-state index in [-0.39, 0.29) is 0 Å². The van der Waals surface area contributed by atoms with Gasteiger partial charge in [-0.3, -0.25) is 4.99 Å². The average Bonchev–Trinajstić information content (AvgIpc) is 2.25.